The van der Waals surface area contributed by atoms with Gasteiger partial charge in [0.2, 0.25) is 5.91 Å². The van der Waals surface area contributed by atoms with Crippen molar-refractivity contribution in [2.24, 2.45) is 5.92 Å². The zero-order chi connectivity index (χ0) is 14.6. The Balaban J connectivity index is 1.70. The molecule has 20 heavy (non-hydrogen) atoms. The van der Waals surface area contributed by atoms with Gasteiger partial charge in [-0.15, -0.1) is 0 Å². The molecule has 0 aromatic carbocycles. The van der Waals surface area contributed by atoms with Crippen LogP contribution in [0.25, 0.3) is 0 Å². The molecule has 0 aliphatic carbocycles. The van der Waals surface area contributed by atoms with E-state index in [0.29, 0.717) is 12.3 Å². The number of hydrogen-bond donors (Lipinski definition) is 1. The van der Waals surface area contributed by atoms with Crippen LogP contribution in [0.2, 0.25) is 0 Å². The fourth-order valence-electron chi connectivity index (χ4n) is 3.20. The molecule has 0 bridgehead atoms. The van der Waals surface area contributed by atoms with E-state index >= 15 is 0 Å². The Morgan fingerprint density at radius 1 is 1.35 bits per heavy atom. The average molecular weight is 284 g/mol. The first-order valence-corrected chi connectivity index (χ1v) is 7.71. The standard InChI is InChI=1S/C15H28N2O3/c1-15(2)11-13(6-9-20-15)16-14(18)10-12-4-7-17(19-3)8-5-12/h12-13H,4-11H2,1-3H3,(H,16,18)/t13-/m1/s1. The molecular weight excluding hydrogens is 256 g/mol. The van der Waals surface area contributed by atoms with Crippen LogP contribution in [-0.2, 0) is 14.4 Å². The van der Waals surface area contributed by atoms with Crippen molar-refractivity contribution in [1.29, 1.82) is 0 Å². The van der Waals surface area contributed by atoms with E-state index in [1.54, 1.807) is 7.11 Å². The lowest BCUT2D eigenvalue weighted by atomic mass is 9.92. The molecule has 0 saturated carbocycles. The zero-order valence-corrected chi connectivity index (χ0v) is 13.0. The molecule has 2 heterocycles. The Kier molecular flexibility index (Phi) is 5.41. The van der Waals surface area contributed by atoms with Crippen molar-refractivity contribution in [3.8, 4) is 0 Å². The highest BCUT2D eigenvalue weighted by atomic mass is 16.7. The molecule has 0 radical (unpaired) electrons. The molecule has 0 aromatic rings. The van der Waals surface area contributed by atoms with Crippen LogP contribution in [0, 0.1) is 5.92 Å². The van der Waals surface area contributed by atoms with Crippen molar-refractivity contribution in [2.45, 2.75) is 57.6 Å². The monoisotopic (exact) mass is 284 g/mol. The van der Waals surface area contributed by atoms with Gasteiger partial charge in [-0.1, -0.05) is 0 Å². The number of rotatable bonds is 4. The summed E-state index contributed by atoms with van der Waals surface area (Å²) >= 11 is 0. The van der Waals surface area contributed by atoms with Crippen molar-refractivity contribution < 1.29 is 14.4 Å². The molecule has 2 aliphatic heterocycles. The number of nitrogens with zero attached hydrogens (tertiary/aromatic N) is 1. The fraction of sp³-hybridized carbons (Fsp3) is 0.933. The minimum Gasteiger partial charge on any atom is -0.375 e. The maximum atomic E-state index is 12.1. The van der Waals surface area contributed by atoms with Crippen LogP contribution in [0.1, 0.15) is 46.0 Å². The summed E-state index contributed by atoms with van der Waals surface area (Å²) in [6, 6.07) is 0.269. The van der Waals surface area contributed by atoms with Gasteiger partial charge >= 0.3 is 0 Å². The molecule has 2 aliphatic rings. The van der Waals surface area contributed by atoms with Gasteiger partial charge in [-0.2, -0.15) is 5.06 Å². The van der Waals surface area contributed by atoms with E-state index in [-0.39, 0.29) is 17.6 Å². The number of carbonyl (C=O) groups is 1. The molecule has 2 fully saturated rings. The normalized spacial score (nSPS) is 28.2. The third kappa shape index (κ3) is 4.72. The van der Waals surface area contributed by atoms with Gasteiger partial charge in [-0.05, 0) is 45.4 Å². The van der Waals surface area contributed by atoms with Crippen LogP contribution in [0.5, 0.6) is 0 Å². The van der Waals surface area contributed by atoms with Crippen molar-refractivity contribution >= 4 is 5.91 Å². The van der Waals surface area contributed by atoms with E-state index in [1.165, 1.54) is 0 Å². The molecule has 1 atom stereocenters. The van der Waals surface area contributed by atoms with E-state index in [4.69, 9.17) is 9.57 Å². The van der Waals surface area contributed by atoms with Gasteiger partial charge in [0.05, 0.1) is 12.7 Å². The molecular formula is C15H28N2O3. The van der Waals surface area contributed by atoms with E-state index in [1.807, 2.05) is 5.06 Å². The van der Waals surface area contributed by atoms with Gasteiger partial charge < -0.3 is 14.9 Å². The number of ether oxygens (including phenoxy) is 1. The smallest absolute Gasteiger partial charge is 0.220 e. The third-order valence-electron chi connectivity index (χ3n) is 4.37. The number of hydroxylamine groups is 2. The number of amides is 1. The average Bonchev–Trinajstić information content (AvgIpc) is 2.38. The second kappa shape index (κ2) is 6.87. The molecule has 0 unspecified atom stereocenters. The van der Waals surface area contributed by atoms with E-state index in [2.05, 4.69) is 19.2 Å². The van der Waals surface area contributed by atoms with Crippen molar-refractivity contribution in [3.63, 3.8) is 0 Å². The van der Waals surface area contributed by atoms with Gasteiger partial charge in [-0.3, -0.25) is 4.79 Å². The summed E-state index contributed by atoms with van der Waals surface area (Å²) in [5.74, 6) is 0.692. The highest BCUT2D eigenvalue weighted by molar-refractivity contribution is 5.76. The zero-order valence-electron chi connectivity index (χ0n) is 13.0. The van der Waals surface area contributed by atoms with E-state index < -0.39 is 0 Å². The molecule has 5 nitrogen and oxygen atoms in total. The summed E-state index contributed by atoms with van der Waals surface area (Å²) in [5, 5.41) is 5.15. The molecule has 5 heteroatoms. The first-order chi connectivity index (χ1) is 9.48. The Morgan fingerprint density at radius 2 is 2.05 bits per heavy atom. The maximum Gasteiger partial charge on any atom is 0.220 e. The first kappa shape index (κ1) is 15.7. The van der Waals surface area contributed by atoms with Crippen LogP contribution in [0.4, 0.5) is 0 Å². The second-order valence-electron chi connectivity index (χ2n) is 6.62. The first-order valence-electron chi connectivity index (χ1n) is 7.71. The predicted molar refractivity (Wildman–Crippen MR) is 77.1 cm³/mol. The van der Waals surface area contributed by atoms with Crippen LogP contribution in [0.15, 0.2) is 0 Å². The summed E-state index contributed by atoms with van der Waals surface area (Å²) in [7, 11) is 1.71. The summed E-state index contributed by atoms with van der Waals surface area (Å²) in [4.78, 5) is 17.4. The van der Waals surface area contributed by atoms with Crippen molar-refractivity contribution in [3.05, 3.63) is 0 Å². The van der Waals surface area contributed by atoms with Gasteiger partial charge in [0.25, 0.3) is 0 Å². The molecule has 2 rings (SSSR count). The number of piperidine rings is 1. The number of hydrogen-bond acceptors (Lipinski definition) is 4. The Hall–Kier alpha value is -0.650. The highest BCUT2D eigenvalue weighted by Gasteiger charge is 2.30. The lowest BCUT2D eigenvalue weighted by Gasteiger charge is -2.36. The molecule has 0 aromatic heterocycles. The van der Waals surface area contributed by atoms with Crippen molar-refractivity contribution in [1.82, 2.24) is 10.4 Å². The van der Waals surface area contributed by atoms with Gasteiger partial charge in [0, 0.05) is 32.2 Å². The SMILES string of the molecule is CON1CCC(CC(=O)N[C@@H]2CCOC(C)(C)C2)CC1. The summed E-state index contributed by atoms with van der Waals surface area (Å²) in [6.45, 7) is 6.78. The Labute approximate surface area is 121 Å². The molecule has 116 valence electrons. The number of carbonyl (C=O) groups excluding carboxylic acids is 1. The summed E-state index contributed by atoms with van der Waals surface area (Å²) in [6.07, 6.45) is 4.56. The molecule has 1 amide bonds. The van der Waals surface area contributed by atoms with E-state index in [9.17, 15) is 4.79 Å². The number of nitrogens with one attached hydrogen (secondary N) is 1. The fourth-order valence-corrected chi connectivity index (χ4v) is 3.20. The molecule has 2 saturated heterocycles. The lowest BCUT2D eigenvalue weighted by molar-refractivity contribution is -0.150. The highest BCUT2D eigenvalue weighted by Crippen LogP contribution is 2.25. The topological polar surface area (TPSA) is 50.8 Å². The Morgan fingerprint density at radius 3 is 2.65 bits per heavy atom. The lowest BCUT2D eigenvalue weighted by Crippen LogP contribution is -2.46. The van der Waals surface area contributed by atoms with Crippen LogP contribution in [0.3, 0.4) is 0 Å². The quantitative estimate of drug-likeness (QED) is 0.854. The van der Waals surface area contributed by atoms with Crippen molar-refractivity contribution in [2.75, 3.05) is 26.8 Å². The predicted octanol–water partition coefficient (Wildman–Crippen LogP) is 1.72. The third-order valence-corrected chi connectivity index (χ3v) is 4.37. The van der Waals surface area contributed by atoms with Crippen LogP contribution < -0.4 is 5.32 Å². The van der Waals surface area contributed by atoms with Crippen LogP contribution in [-0.4, -0.2) is 49.4 Å². The molecule has 1 N–H and O–H groups in total. The van der Waals surface area contributed by atoms with Gasteiger partial charge in [-0.25, -0.2) is 0 Å². The minimum atomic E-state index is -0.111. The van der Waals surface area contributed by atoms with Gasteiger partial charge in [0.1, 0.15) is 0 Å². The maximum absolute atomic E-state index is 12.1. The molecule has 0 spiro atoms. The second-order valence-corrected chi connectivity index (χ2v) is 6.62. The summed E-state index contributed by atoms with van der Waals surface area (Å²) in [5.41, 5.74) is -0.111. The van der Waals surface area contributed by atoms with Gasteiger partial charge in [0.15, 0.2) is 0 Å². The summed E-state index contributed by atoms with van der Waals surface area (Å²) < 4.78 is 5.68. The van der Waals surface area contributed by atoms with Crippen LogP contribution >= 0.6 is 0 Å². The largest absolute Gasteiger partial charge is 0.375 e. The van der Waals surface area contributed by atoms with E-state index in [0.717, 1.165) is 45.4 Å². The Bertz CT molecular complexity index is 325. The minimum absolute atomic E-state index is 0.111.